The molecule has 1 aromatic heterocycles. The van der Waals surface area contributed by atoms with E-state index in [0.29, 0.717) is 16.6 Å². The predicted molar refractivity (Wildman–Crippen MR) is 72.3 cm³/mol. The molecule has 1 aliphatic rings. The number of amides is 2. The maximum Gasteiger partial charge on any atom is 0.322 e. The van der Waals surface area contributed by atoms with E-state index < -0.39 is 0 Å². The third kappa shape index (κ3) is 2.93. The van der Waals surface area contributed by atoms with Gasteiger partial charge >= 0.3 is 6.03 Å². The van der Waals surface area contributed by atoms with Gasteiger partial charge in [-0.15, -0.1) is 0 Å². The van der Waals surface area contributed by atoms with Crippen molar-refractivity contribution in [2.24, 2.45) is 5.92 Å². The maximum atomic E-state index is 12.0. The van der Waals surface area contributed by atoms with Crippen LogP contribution in [0.2, 0.25) is 5.02 Å². The third-order valence-corrected chi connectivity index (χ3v) is 4.50. The van der Waals surface area contributed by atoms with E-state index in [-0.39, 0.29) is 18.6 Å². The number of nitrogens with zero attached hydrogens (tertiary/aromatic N) is 2. The molecular formula is C11H16ClN3O2S. The van der Waals surface area contributed by atoms with Gasteiger partial charge in [-0.05, 0) is 37.2 Å². The van der Waals surface area contributed by atoms with Gasteiger partial charge in [-0.25, -0.2) is 4.79 Å². The molecule has 2 heterocycles. The lowest BCUT2D eigenvalue weighted by molar-refractivity contribution is 0.136. The highest BCUT2D eigenvalue weighted by atomic mass is 35.5. The molecule has 0 spiro atoms. The van der Waals surface area contributed by atoms with Crippen LogP contribution in [0.4, 0.5) is 9.80 Å². The summed E-state index contributed by atoms with van der Waals surface area (Å²) < 4.78 is 4.08. The minimum absolute atomic E-state index is 0.129. The van der Waals surface area contributed by atoms with Crippen LogP contribution in [0.3, 0.4) is 0 Å². The Morgan fingerprint density at radius 3 is 3.11 bits per heavy atom. The molecule has 1 atom stereocenters. The quantitative estimate of drug-likeness (QED) is 0.878. The van der Waals surface area contributed by atoms with E-state index in [1.54, 1.807) is 11.8 Å². The van der Waals surface area contributed by atoms with Crippen LogP contribution in [0.15, 0.2) is 0 Å². The summed E-state index contributed by atoms with van der Waals surface area (Å²) in [4.78, 5) is 13.8. The molecule has 1 saturated heterocycles. The monoisotopic (exact) mass is 289 g/mol. The summed E-state index contributed by atoms with van der Waals surface area (Å²) in [5.41, 5.74) is 0.726. The van der Waals surface area contributed by atoms with E-state index in [9.17, 15) is 4.79 Å². The first kappa shape index (κ1) is 13.6. The van der Waals surface area contributed by atoms with Crippen molar-refractivity contribution in [3.8, 4) is 0 Å². The van der Waals surface area contributed by atoms with E-state index >= 15 is 0 Å². The molecule has 0 bridgehead atoms. The number of urea groups is 1. The van der Waals surface area contributed by atoms with Crippen molar-refractivity contribution in [2.75, 3.05) is 25.0 Å². The second-order valence-electron chi connectivity index (χ2n) is 4.48. The zero-order valence-corrected chi connectivity index (χ0v) is 11.7. The number of aromatic nitrogens is 1. The number of halogens is 1. The Labute approximate surface area is 115 Å². The van der Waals surface area contributed by atoms with Crippen LogP contribution in [0.25, 0.3) is 0 Å². The highest BCUT2D eigenvalue weighted by molar-refractivity contribution is 7.11. The summed E-state index contributed by atoms with van der Waals surface area (Å²) in [6.45, 7) is 3.25. The van der Waals surface area contributed by atoms with Crippen molar-refractivity contribution in [2.45, 2.75) is 19.8 Å². The van der Waals surface area contributed by atoms with Crippen LogP contribution < -0.4 is 5.32 Å². The molecule has 5 nitrogen and oxygen atoms in total. The zero-order chi connectivity index (χ0) is 13.1. The van der Waals surface area contributed by atoms with Crippen LogP contribution in [-0.4, -0.2) is 40.1 Å². The van der Waals surface area contributed by atoms with Crippen LogP contribution in [-0.2, 0) is 0 Å². The van der Waals surface area contributed by atoms with Gasteiger partial charge in [-0.1, -0.05) is 11.6 Å². The summed E-state index contributed by atoms with van der Waals surface area (Å²) in [6.07, 6.45) is 1.90. The summed E-state index contributed by atoms with van der Waals surface area (Å²) in [5.74, 6) is 0.183. The largest absolute Gasteiger partial charge is 0.396 e. The molecule has 1 aromatic rings. The molecular weight excluding hydrogens is 274 g/mol. The van der Waals surface area contributed by atoms with Crippen LogP contribution in [0.5, 0.6) is 0 Å². The predicted octanol–water partition coefficient (Wildman–Crippen LogP) is 2.34. The van der Waals surface area contributed by atoms with E-state index in [0.717, 1.165) is 25.1 Å². The summed E-state index contributed by atoms with van der Waals surface area (Å²) >= 11 is 7.21. The fourth-order valence-electron chi connectivity index (χ4n) is 2.01. The van der Waals surface area contributed by atoms with Gasteiger partial charge in [0.1, 0.15) is 5.00 Å². The van der Waals surface area contributed by atoms with Crippen molar-refractivity contribution in [3.05, 3.63) is 10.7 Å². The van der Waals surface area contributed by atoms with Gasteiger partial charge in [0, 0.05) is 19.7 Å². The fraction of sp³-hybridized carbons (Fsp3) is 0.636. The summed E-state index contributed by atoms with van der Waals surface area (Å²) in [6, 6.07) is -0.168. The molecule has 2 amide bonds. The lowest BCUT2D eigenvalue weighted by Gasteiger charge is -2.31. The highest BCUT2D eigenvalue weighted by Gasteiger charge is 2.24. The summed E-state index contributed by atoms with van der Waals surface area (Å²) in [7, 11) is 0. The second kappa shape index (κ2) is 5.86. The van der Waals surface area contributed by atoms with Gasteiger partial charge in [0.2, 0.25) is 0 Å². The van der Waals surface area contributed by atoms with Crippen molar-refractivity contribution in [1.82, 2.24) is 9.27 Å². The zero-order valence-electron chi connectivity index (χ0n) is 10.1. The molecule has 1 unspecified atom stereocenters. The Morgan fingerprint density at radius 2 is 2.50 bits per heavy atom. The van der Waals surface area contributed by atoms with Gasteiger partial charge < -0.3 is 10.0 Å². The first-order valence-corrected chi connectivity index (χ1v) is 7.05. The number of anilines is 1. The molecule has 0 saturated carbocycles. The topological polar surface area (TPSA) is 65.5 Å². The van der Waals surface area contributed by atoms with Gasteiger partial charge in [0.05, 0.1) is 10.7 Å². The van der Waals surface area contributed by atoms with Crippen LogP contribution in [0, 0.1) is 12.8 Å². The van der Waals surface area contributed by atoms with E-state index in [4.69, 9.17) is 16.7 Å². The number of rotatable bonds is 2. The number of carbonyl (C=O) groups is 1. The van der Waals surface area contributed by atoms with Gasteiger partial charge in [-0.3, -0.25) is 5.32 Å². The fourth-order valence-corrected chi connectivity index (χ4v) is 2.93. The Hall–Kier alpha value is -0.850. The smallest absolute Gasteiger partial charge is 0.322 e. The van der Waals surface area contributed by atoms with Crippen molar-refractivity contribution < 1.29 is 9.90 Å². The van der Waals surface area contributed by atoms with Crippen LogP contribution in [0.1, 0.15) is 18.5 Å². The van der Waals surface area contributed by atoms with Crippen molar-refractivity contribution >= 4 is 34.2 Å². The van der Waals surface area contributed by atoms with Gasteiger partial charge in [0.15, 0.2) is 0 Å². The Kier molecular flexibility index (Phi) is 4.42. The van der Waals surface area contributed by atoms with E-state index in [2.05, 4.69) is 9.69 Å². The highest BCUT2D eigenvalue weighted by Crippen LogP contribution is 2.30. The molecule has 18 heavy (non-hydrogen) atoms. The Balaban J connectivity index is 1.97. The molecule has 0 aromatic carbocycles. The summed E-state index contributed by atoms with van der Waals surface area (Å²) in [5, 5.41) is 13.0. The average Bonchev–Trinajstić information content (AvgIpc) is 2.71. The Morgan fingerprint density at radius 1 is 1.72 bits per heavy atom. The molecule has 1 aliphatic heterocycles. The number of piperidine rings is 1. The molecule has 0 aliphatic carbocycles. The number of hydrogen-bond acceptors (Lipinski definition) is 4. The minimum Gasteiger partial charge on any atom is -0.396 e. The lowest BCUT2D eigenvalue weighted by atomic mass is 9.99. The van der Waals surface area contributed by atoms with E-state index in [1.165, 1.54) is 11.5 Å². The van der Waals surface area contributed by atoms with E-state index in [1.807, 2.05) is 0 Å². The number of likely N-dealkylation sites (tertiary alicyclic amines) is 1. The number of aryl methyl sites for hydroxylation is 1. The molecule has 0 radical (unpaired) electrons. The lowest BCUT2D eigenvalue weighted by Crippen LogP contribution is -2.43. The van der Waals surface area contributed by atoms with Crippen LogP contribution >= 0.6 is 23.1 Å². The number of carbonyl (C=O) groups excluding carboxylic acids is 1. The molecule has 100 valence electrons. The molecule has 7 heteroatoms. The Bertz CT molecular complexity index is 438. The normalized spacial score (nSPS) is 19.9. The number of aliphatic hydroxyl groups excluding tert-OH is 1. The van der Waals surface area contributed by atoms with Gasteiger partial charge in [-0.2, -0.15) is 4.37 Å². The maximum absolute atomic E-state index is 12.0. The van der Waals surface area contributed by atoms with Crippen molar-refractivity contribution in [1.29, 1.82) is 0 Å². The molecule has 2 rings (SSSR count). The number of nitrogens with one attached hydrogen (secondary N) is 1. The second-order valence-corrected chi connectivity index (χ2v) is 5.63. The molecule has 1 fully saturated rings. The molecule has 2 N–H and O–H groups in total. The average molecular weight is 290 g/mol. The number of hydrogen-bond donors (Lipinski definition) is 2. The van der Waals surface area contributed by atoms with Gasteiger partial charge in [0.25, 0.3) is 0 Å². The SMILES string of the molecule is Cc1nsc(NC(=O)N2CCCC(CO)C2)c1Cl. The first-order chi connectivity index (χ1) is 8.61. The number of aliphatic hydroxyl groups is 1. The van der Waals surface area contributed by atoms with Crippen molar-refractivity contribution in [3.63, 3.8) is 0 Å². The first-order valence-electron chi connectivity index (χ1n) is 5.90. The third-order valence-electron chi connectivity index (χ3n) is 3.08. The minimum atomic E-state index is -0.168. The standard InChI is InChI=1S/C11H16ClN3O2S/c1-7-9(12)10(18-14-7)13-11(17)15-4-2-3-8(5-15)6-16/h8,16H,2-6H2,1H3,(H,13,17).